The quantitative estimate of drug-likeness (QED) is 0.837. The molecule has 4 nitrogen and oxygen atoms in total. The Morgan fingerprint density at radius 1 is 1.40 bits per heavy atom. The smallest absolute Gasteiger partial charge is 0.257 e. The molecule has 0 radical (unpaired) electrons. The van der Waals surface area contributed by atoms with Crippen molar-refractivity contribution in [2.45, 2.75) is 18.9 Å². The first-order chi connectivity index (χ1) is 9.08. The van der Waals surface area contributed by atoms with E-state index in [1.165, 1.54) is 0 Å². The number of nitrogens with two attached hydrogens (primary N) is 1. The summed E-state index contributed by atoms with van der Waals surface area (Å²) in [5.41, 5.74) is 5.89. The molecule has 1 aromatic rings. The van der Waals surface area contributed by atoms with Crippen LogP contribution in [0.4, 0.5) is 0 Å². The summed E-state index contributed by atoms with van der Waals surface area (Å²) in [5.74, 6) is 0.652. The largest absolute Gasteiger partial charge is 0.481 e. The van der Waals surface area contributed by atoms with Gasteiger partial charge >= 0.3 is 0 Å². The molecule has 0 aromatic heterocycles. The lowest BCUT2D eigenvalue weighted by Gasteiger charge is -2.13. The number of para-hydroxylation sites is 1. The molecule has 0 bridgehead atoms. The third kappa shape index (κ3) is 5.02. The normalized spacial score (nSPS) is 15.2. The average Bonchev–Trinajstić information content (AvgIpc) is 3.19. The monoisotopic (exact) mass is 338 g/mol. The highest BCUT2D eigenvalue weighted by molar-refractivity contribution is 6.37. The van der Waals surface area contributed by atoms with Crippen molar-refractivity contribution in [2.75, 3.05) is 13.2 Å². The van der Waals surface area contributed by atoms with Gasteiger partial charge in [-0.15, -0.1) is 12.4 Å². The van der Waals surface area contributed by atoms with Crippen LogP contribution >= 0.6 is 35.6 Å². The highest BCUT2D eigenvalue weighted by Crippen LogP contribution is 2.32. The molecular weight excluding hydrogens is 323 g/mol. The van der Waals surface area contributed by atoms with Gasteiger partial charge < -0.3 is 15.8 Å². The molecule has 1 unspecified atom stereocenters. The highest BCUT2D eigenvalue weighted by Gasteiger charge is 2.28. The van der Waals surface area contributed by atoms with Crippen LogP contribution < -0.4 is 15.8 Å². The number of carbonyl (C=O) groups is 1. The summed E-state index contributed by atoms with van der Waals surface area (Å²) in [7, 11) is 0. The molecule has 1 saturated carbocycles. The molecule has 0 saturated heterocycles. The first-order valence-electron chi connectivity index (χ1n) is 6.17. The average molecular weight is 340 g/mol. The zero-order chi connectivity index (χ0) is 13.8. The van der Waals surface area contributed by atoms with Crippen molar-refractivity contribution in [1.29, 1.82) is 0 Å². The Bertz CT molecular complexity index is 447. The number of nitrogens with one attached hydrogen (secondary N) is 1. The highest BCUT2D eigenvalue weighted by atomic mass is 35.5. The van der Waals surface area contributed by atoms with Crippen molar-refractivity contribution in [3.8, 4) is 5.75 Å². The van der Waals surface area contributed by atoms with Gasteiger partial charge in [-0.3, -0.25) is 4.79 Å². The Labute approximate surface area is 134 Å². The van der Waals surface area contributed by atoms with E-state index < -0.39 is 0 Å². The molecule has 1 aliphatic rings. The third-order valence-electron chi connectivity index (χ3n) is 3.03. The van der Waals surface area contributed by atoms with Crippen LogP contribution in [-0.4, -0.2) is 25.1 Å². The lowest BCUT2D eigenvalue weighted by Crippen LogP contribution is -2.40. The first-order valence-corrected chi connectivity index (χ1v) is 6.92. The summed E-state index contributed by atoms with van der Waals surface area (Å²) in [6, 6.07) is 5.06. The van der Waals surface area contributed by atoms with Crippen molar-refractivity contribution in [2.24, 2.45) is 11.7 Å². The van der Waals surface area contributed by atoms with Gasteiger partial charge in [-0.25, -0.2) is 0 Å². The van der Waals surface area contributed by atoms with Crippen molar-refractivity contribution >= 4 is 41.5 Å². The molecule has 1 fully saturated rings. The number of rotatable bonds is 6. The number of ether oxygens (including phenoxy) is 1. The van der Waals surface area contributed by atoms with Gasteiger partial charge in [0, 0.05) is 12.6 Å². The van der Waals surface area contributed by atoms with Gasteiger partial charge in [-0.2, -0.15) is 0 Å². The van der Waals surface area contributed by atoms with Crippen molar-refractivity contribution in [1.82, 2.24) is 5.32 Å². The Morgan fingerprint density at radius 3 is 2.55 bits per heavy atom. The van der Waals surface area contributed by atoms with E-state index in [4.69, 9.17) is 33.7 Å². The molecule has 0 aliphatic heterocycles. The number of benzene rings is 1. The second-order valence-corrected chi connectivity index (χ2v) is 5.46. The number of amides is 1. The molecule has 0 heterocycles. The van der Waals surface area contributed by atoms with E-state index in [1.54, 1.807) is 18.2 Å². The summed E-state index contributed by atoms with van der Waals surface area (Å²) in [4.78, 5) is 11.6. The lowest BCUT2D eigenvalue weighted by atomic mass is 10.2. The first kappa shape index (κ1) is 17.4. The van der Waals surface area contributed by atoms with Crippen LogP contribution in [0.15, 0.2) is 18.2 Å². The molecule has 1 aromatic carbocycles. The van der Waals surface area contributed by atoms with E-state index >= 15 is 0 Å². The molecule has 0 spiro atoms. The minimum Gasteiger partial charge on any atom is -0.481 e. The maximum atomic E-state index is 11.6. The Balaban J connectivity index is 0.00000200. The van der Waals surface area contributed by atoms with Crippen molar-refractivity contribution in [3.05, 3.63) is 28.2 Å². The maximum absolute atomic E-state index is 11.6. The SMILES string of the molecule is Cl.NC(CNC(=O)COc1c(Cl)cccc1Cl)C1CC1. The standard InChI is InChI=1S/C13H16Cl2N2O2.ClH/c14-9-2-1-3-10(15)13(9)19-7-12(18)17-6-11(16)8-4-5-8;/h1-3,8,11H,4-7,16H2,(H,17,18);1H. The number of hydrogen-bond acceptors (Lipinski definition) is 3. The van der Waals surface area contributed by atoms with Gasteiger partial charge in [0.2, 0.25) is 0 Å². The second-order valence-electron chi connectivity index (χ2n) is 4.64. The van der Waals surface area contributed by atoms with Crippen molar-refractivity contribution < 1.29 is 9.53 Å². The molecule has 3 N–H and O–H groups in total. The van der Waals surface area contributed by atoms with E-state index in [0.717, 1.165) is 12.8 Å². The van der Waals surface area contributed by atoms with Gasteiger partial charge in [0.25, 0.3) is 5.91 Å². The van der Waals surface area contributed by atoms with Crippen LogP contribution in [0.3, 0.4) is 0 Å². The Hall–Kier alpha value is -0.680. The molecule has 1 aliphatic carbocycles. The number of hydrogen-bond donors (Lipinski definition) is 2. The van der Waals surface area contributed by atoms with E-state index in [-0.39, 0.29) is 31.0 Å². The lowest BCUT2D eigenvalue weighted by molar-refractivity contribution is -0.123. The number of carbonyl (C=O) groups excluding carboxylic acids is 1. The van der Waals surface area contributed by atoms with E-state index in [2.05, 4.69) is 5.32 Å². The van der Waals surface area contributed by atoms with Gasteiger partial charge in [0.05, 0.1) is 10.0 Å². The van der Waals surface area contributed by atoms with Gasteiger partial charge in [-0.1, -0.05) is 29.3 Å². The fourth-order valence-corrected chi connectivity index (χ4v) is 2.24. The number of halogens is 3. The predicted octanol–water partition coefficient (Wildman–Crippen LogP) is 2.65. The zero-order valence-electron chi connectivity index (χ0n) is 10.8. The minimum atomic E-state index is -0.230. The zero-order valence-corrected chi connectivity index (χ0v) is 13.1. The molecule has 112 valence electrons. The minimum absolute atomic E-state index is 0. The van der Waals surface area contributed by atoms with Gasteiger partial charge in [0.15, 0.2) is 12.4 Å². The summed E-state index contributed by atoms with van der Waals surface area (Å²) < 4.78 is 5.32. The summed E-state index contributed by atoms with van der Waals surface area (Å²) in [5, 5.41) is 3.51. The summed E-state index contributed by atoms with van der Waals surface area (Å²) in [6.07, 6.45) is 2.31. The second kappa shape index (κ2) is 7.93. The molecule has 1 atom stereocenters. The Kier molecular flexibility index (Phi) is 6.89. The molecule has 2 rings (SSSR count). The molecule has 7 heteroatoms. The topological polar surface area (TPSA) is 64.3 Å². The van der Waals surface area contributed by atoms with Crippen LogP contribution in [0.25, 0.3) is 0 Å². The fourth-order valence-electron chi connectivity index (χ4n) is 1.73. The van der Waals surface area contributed by atoms with Gasteiger partial charge in [0.1, 0.15) is 0 Å². The maximum Gasteiger partial charge on any atom is 0.257 e. The van der Waals surface area contributed by atoms with Crippen LogP contribution in [-0.2, 0) is 4.79 Å². The molecule has 20 heavy (non-hydrogen) atoms. The Morgan fingerprint density at radius 2 is 2.00 bits per heavy atom. The van der Waals surface area contributed by atoms with Crippen LogP contribution in [0.2, 0.25) is 10.0 Å². The molecule has 1 amide bonds. The van der Waals surface area contributed by atoms with Gasteiger partial charge in [-0.05, 0) is 30.9 Å². The third-order valence-corrected chi connectivity index (χ3v) is 3.62. The van der Waals surface area contributed by atoms with E-state index in [1.807, 2.05) is 0 Å². The predicted molar refractivity (Wildman–Crippen MR) is 82.9 cm³/mol. The van der Waals surface area contributed by atoms with E-state index in [0.29, 0.717) is 28.3 Å². The van der Waals surface area contributed by atoms with Crippen LogP contribution in [0, 0.1) is 5.92 Å². The van der Waals surface area contributed by atoms with Crippen molar-refractivity contribution in [3.63, 3.8) is 0 Å². The molecular formula is C13H17Cl3N2O2. The summed E-state index contributed by atoms with van der Waals surface area (Å²) >= 11 is 11.9. The van der Waals surface area contributed by atoms with Crippen LogP contribution in [0.5, 0.6) is 5.75 Å². The summed E-state index contributed by atoms with van der Waals surface area (Å²) in [6.45, 7) is 0.351. The van der Waals surface area contributed by atoms with E-state index in [9.17, 15) is 4.79 Å². The van der Waals surface area contributed by atoms with Crippen LogP contribution in [0.1, 0.15) is 12.8 Å². The fraction of sp³-hybridized carbons (Fsp3) is 0.462.